The fourth-order valence-corrected chi connectivity index (χ4v) is 2.09. The molecule has 0 radical (unpaired) electrons. The van der Waals surface area contributed by atoms with E-state index in [2.05, 4.69) is 15.0 Å². The molecule has 0 unspecified atom stereocenters. The smallest absolute Gasteiger partial charge is 0.338 e. The van der Waals surface area contributed by atoms with Crippen LogP contribution in [-0.2, 0) is 11.3 Å². The number of ether oxygens (including phenoxy) is 3. The van der Waals surface area contributed by atoms with Gasteiger partial charge in [-0.15, -0.1) is 0 Å². The van der Waals surface area contributed by atoms with E-state index in [1.807, 2.05) is 0 Å². The second-order valence-electron chi connectivity index (χ2n) is 4.24. The molecule has 22 heavy (non-hydrogen) atoms. The Morgan fingerprint density at radius 2 is 1.95 bits per heavy atom. The van der Waals surface area contributed by atoms with Crippen LogP contribution in [0.5, 0.6) is 11.5 Å². The average Bonchev–Trinajstić information content (AvgIpc) is 2.92. The van der Waals surface area contributed by atoms with Gasteiger partial charge in [-0.25, -0.2) is 4.79 Å². The van der Waals surface area contributed by atoms with E-state index in [9.17, 15) is 4.79 Å². The van der Waals surface area contributed by atoms with Crippen LogP contribution in [0.15, 0.2) is 12.1 Å². The number of nitrogens with zero attached hydrogens (tertiary/aromatic N) is 3. The van der Waals surface area contributed by atoms with Crippen molar-refractivity contribution in [1.82, 2.24) is 15.0 Å². The lowest BCUT2D eigenvalue weighted by Crippen LogP contribution is -2.11. The maximum absolute atomic E-state index is 12.0. The number of rotatable bonds is 3. The van der Waals surface area contributed by atoms with Crippen molar-refractivity contribution < 1.29 is 19.0 Å². The fourth-order valence-electron chi connectivity index (χ4n) is 1.82. The Balaban J connectivity index is 1.73. The normalized spacial score (nSPS) is 12.2. The average molecular weight is 324 g/mol. The molecule has 0 amide bonds. The Morgan fingerprint density at radius 1 is 1.23 bits per heavy atom. The van der Waals surface area contributed by atoms with Crippen molar-refractivity contribution in [3.63, 3.8) is 0 Å². The third kappa shape index (κ3) is 2.79. The number of nitrogens with two attached hydrogens (primary N) is 2. The first-order chi connectivity index (χ1) is 10.5. The van der Waals surface area contributed by atoms with Crippen molar-refractivity contribution in [2.75, 3.05) is 18.3 Å². The first-order valence-corrected chi connectivity index (χ1v) is 6.43. The summed E-state index contributed by atoms with van der Waals surface area (Å²) in [4.78, 5) is 23.2. The number of esters is 1. The van der Waals surface area contributed by atoms with E-state index >= 15 is 0 Å². The topological polar surface area (TPSA) is 135 Å². The van der Waals surface area contributed by atoms with Crippen molar-refractivity contribution in [3.05, 3.63) is 28.5 Å². The molecule has 114 valence electrons. The van der Waals surface area contributed by atoms with Gasteiger partial charge in [0.2, 0.25) is 18.7 Å². The van der Waals surface area contributed by atoms with E-state index in [1.54, 1.807) is 0 Å². The van der Waals surface area contributed by atoms with Crippen LogP contribution in [0.3, 0.4) is 0 Å². The molecule has 0 saturated carbocycles. The molecule has 1 aromatic heterocycles. The maximum Gasteiger partial charge on any atom is 0.338 e. The van der Waals surface area contributed by atoms with Gasteiger partial charge in [-0.2, -0.15) is 15.0 Å². The van der Waals surface area contributed by atoms with E-state index in [0.717, 1.165) is 0 Å². The number of nitrogen functional groups attached to an aromatic ring is 2. The summed E-state index contributed by atoms with van der Waals surface area (Å²) < 4.78 is 15.4. The van der Waals surface area contributed by atoms with Crippen LogP contribution in [0.4, 0.5) is 11.9 Å². The van der Waals surface area contributed by atoms with Crippen LogP contribution in [0.25, 0.3) is 0 Å². The third-order valence-corrected chi connectivity index (χ3v) is 2.99. The van der Waals surface area contributed by atoms with Gasteiger partial charge in [0.15, 0.2) is 23.9 Å². The molecular weight excluding hydrogens is 314 g/mol. The lowest BCUT2D eigenvalue weighted by Gasteiger charge is -2.06. The molecule has 0 saturated heterocycles. The Hall–Kier alpha value is -2.81. The fraction of sp³-hybridized carbons (Fsp3) is 0.167. The van der Waals surface area contributed by atoms with Crippen LogP contribution in [0, 0.1) is 0 Å². The van der Waals surface area contributed by atoms with Gasteiger partial charge < -0.3 is 25.7 Å². The number of carbonyl (C=O) groups is 1. The number of hydrogen-bond acceptors (Lipinski definition) is 9. The van der Waals surface area contributed by atoms with E-state index in [-0.39, 0.29) is 41.7 Å². The molecule has 0 atom stereocenters. The minimum Gasteiger partial charge on any atom is -0.454 e. The molecular formula is C12H10ClN5O4. The van der Waals surface area contributed by atoms with Crippen LogP contribution >= 0.6 is 11.6 Å². The van der Waals surface area contributed by atoms with Gasteiger partial charge in [0, 0.05) is 0 Å². The van der Waals surface area contributed by atoms with Gasteiger partial charge >= 0.3 is 5.97 Å². The molecule has 1 aromatic carbocycles. The Bertz CT molecular complexity index is 734. The Morgan fingerprint density at radius 3 is 2.68 bits per heavy atom. The van der Waals surface area contributed by atoms with E-state index in [0.29, 0.717) is 11.5 Å². The second-order valence-corrected chi connectivity index (χ2v) is 4.64. The zero-order valence-electron chi connectivity index (χ0n) is 11.1. The molecule has 1 aliphatic heterocycles. The lowest BCUT2D eigenvalue weighted by atomic mass is 10.2. The molecule has 3 rings (SSSR count). The third-order valence-electron chi connectivity index (χ3n) is 2.71. The molecule has 10 heteroatoms. The molecule has 2 heterocycles. The highest BCUT2D eigenvalue weighted by Gasteiger charge is 2.21. The summed E-state index contributed by atoms with van der Waals surface area (Å²) in [7, 11) is 0. The minimum absolute atomic E-state index is 0.0512. The quantitative estimate of drug-likeness (QED) is 0.785. The zero-order chi connectivity index (χ0) is 15.7. The van der Waals surface area contributed by atoms with Crippen molar-refractivity contribution in [1.29, 1.82) is 0 Å². The van der Waals surface area contributed by atoms with Crippen LogP contribution in [0.1, 0.15) is 16.2 Å². The standard InChI is InChI=1S/C12H10ClN5O4/c13-6-1-5(2-7-9(6)22-4-21-7)10(19)20-3-8-16-11(14)18-12(15)17-8/h1-2H,3-4H2,(H4,14,15,16,17,18). The molecule has 0 aliphatic carbocycles. The summed E-state index contributed by atoms with van der Waals surface area (Å²) in [6.45, 7) is -0.154. The van der Waals surface area contributed by atoms with Gasteiger partial charge in [0.25, 0.3) is 0 Å². The monoisotopic (exact) mass is 323 g/mol. The summed E-state index contributed by atoms with van der Waals surface area (Å²) in [5, 5.41) is 0.260. The SMILES string of the molecule is Nc1nc(N)nc(COC(=O)c2cc(Cl)c3c(c2)OCO3)n1. The molecule has 0 bridgehead atoms. The van der Waals surface area contributed by atoms with Gasteiger partial charge in [-0.05, 0) is 12.1 Å². The van der Waals surface area contributed by atoms with E-state index < -0.39 is 5.97 Å². The predicted octanol–water partition coefficient (Wildman–Crippen LogP) is 0.775. The van der Waals surface area contributed by atoms with Crippen molar-refractivity contribution in [3.8, 4) is 11.5 Å². The number of aromatic nitrogens is 3. The highest BCUT2D eigenvalue weighted by Crippen LogP contribution is 2.39. The number of benzene rings is 1. The first kappa shape index (κ1) is 14.1. The molecule has 0 fully saturated rings. The van der Waals surface area contributed by atoms with Crippen LogP contribution in [0.2, 0.25) is 5.02 Å². The lowest BCUT2D eigenvalue weighted by molar-refractivity contribution is 0.0462. The molecule has 1 aliphatic rings. The van der Waals surface area contributed by atoms with Gasteiger partial charge in [0.05, 0.1) is 10.6 Å². The van der Waals surface area contributed by atoms with Crippen molar-refractivity contribution in [2.45, 2.75) is 6.61 Å². The predicted molar refractivity (Wildman–Crippen MR) is 75.3 cm³/mol. The Labute approximate surface area is 129 Å². The summed E-state index contributed by atoms with van der Waals surface area (Å²) in [6, 6.07) is 2.90. The van der Waals surface area contributed by atoms with E-state index in [4.69, 9.17) is 37.3 Å². The van der Waals surface area contributed by atoms with E-state index in [1.165, 1.54) is 12.1 Å². The summed E-state index contributed by atoms with van der Waals surface area (Å²) in [6.07, 6.45) is 0. The Kier molecular flexibility index (Phi) is 3.55. The van der Waals surface area contributed by atoms with Crippen molar-refractivity contribution in [2.24, 2.45) is 0 Å². The summed E-state index contributed by atoms with van der Waals surface area (Å²) in [5.41, 5.74) is 11.1. The number of carbonyl (C=O) groups excluding carboxylic acids is 1. The minimum atomic E-state index is -0.627. The van der Waals surface area contributed by atoms with Crippen LogP contribution in [-0.4, -0.2) is 27.7 Å². The summed E-state index contributed by atoms with van der Waals surface area (Å²) >= 11 is 6.00. The number of hydrogen-bond donors (Lipinski definition) is 2. The highest BCUT2D eigenvalue weighted by atomic mass is 35.5. The first-order valence-electron chi connectivity index (χ1n) is 6.05. The molecule has 9 nitrogen and oxygen atoms in total. The summed E-state index contributed by atoms with van der Waals surface area (Å²) in [5.74, 6) is 0.196. The van der Waals surface area contributed by atoms with Gasteiger partial charge in [0.1, 0.15) is 0 Å². The molecule has 4 N–H and O–H groups in total. The van der Waals surface area contributed by atoms with Gasteiger partial charge in [-0.1, -0.05) is 11.6 Å². The van der Waals surface area contributed by atoms with Crippen LogP contribution < -0.4 is 20.9 Å². The maximum atomic E-state index is 12.0. The highest BCUT2D eigenvalue weighted by molar-refractivity contribution is 6.32. The second kappa shape index (κ2) is 5.53. The zero-order valence-corrected chi connectivity index (χ0v) is 11.8. The van der Waals surface area contributed by atoms with Crippen molar-refractivity contribution >= 4 is 29.5 Å². The number of halogens is 1. The van der Waals surface area contributed by atoms with Gasteiger partial charge in [-0.3, -0.25) is 0 Å². The number of fused-ring (bicyclic) bond motifs is 1. The molecule has 0 spiro atoms. The number of anilines is 2. The largest absolute Gasteiger partial charge is 0.454 e. The molecule has 2 aromatic rings.